The van der Waals surface area contributed by atoms with Crippen LogP contribution in [0.25, 0.3) is 0 Å². The molecular weight excluding hydrogens is 476 g/mol. The van der Waals surface area contributed by atoms with Crippen LogP contribution in [-0.4, -0.2) is 57.1 Å². The van der Waals surface area contributed by atoms with Gasteiger partial charge in [-0.25, -0.2) is 17.2 Å². The molecule has 2 rings (SSSR count). The summed E-state index contributed by atoms with van der Waals surface area (Å²) in [6.07, 6.45) is 1.64. The van der Waals surface area contributed by atoms with Crippen LogP contribution in [0, 0.1) is 17.6 Å². The predicted octanol–water partition coefficient (Wildman–Crippen LogP) is 3.35. The average molecular weight is 510 g/mol. The van der Waals surface area contributed by atoms with E-state index < -0.39 is 40.2 Å². The zero-order valence-corrected chi connectivity index (χ0v) is 21.3. The van der Waals surface area contributed by atoms with Crippen molar-refractivity contribution in [1.29, 1.82) is 0 Å². The van der Waals surface area contributed by atoms with Gasteiger partial charge in [0.25, 0.3) is 0 Å². The average Bonchev–Trinajstić information content (AvgIpc) is 2.80. The van der Waals surface area contributed by atoms with E-state index in [0.29, 0.717) is 23.7 Å². The van der Waals surface area contributed by atoms with Crippen molar-refractivity contribution >= 4 is 27.5 Å². The molecule has 2 aromatic carbocycles. The van der Waals surface area contributed by atoms with Gasteiger partial charge in [-0.05, 0) is 36.5 Å². The lowest BCUT2D eigenvalue weighted by Crippen LogP contribution is -2.53. The van der Waals surface area contributed by atoms with Gasteiger partial charge in [0.1, 0.15) is 12.6 Å². The van der Waals surface area contributed by atoms with Gasteiger partial charge in [0, 0.05) is 19.2 Å². The van der Waals surface area contributed by atoms with Crippen LogP contribution in [-0.2, 0) is 26.0 Å². The van der Waals surface area contributed by atoms with Gasteiger partial charge in [-0.15, -0.1) is 0 Å². The Kier molecular flexibility index (Phi) is 10.2. The number of hydrogen-bond acceptors (Lipinski definition) is 4. The van der Waals surface area contributed by atoms with Crippen LogP contribution in [0.5, 0.6) is 0 Å². The standard InChI is InChI=1S/C25H33F2N3O4S/c1-5-23(25(32)28-16-18(2)3)29(14-13-19-9-7-6-8-10-19)24(31)17-30(35(4,33)34)20-11-12-21(26)22(27)15-20/h6-12,15,18,23H,5,13-14,16-17H2,1-4H3,(H,28,32). The summed E-state index contributed by atoms with van der Waals surface area (Å²) in [5.74, 6) is -3.11. The van der Waals surface area contributed by atoms with E-state index in [2.05, 4.69) is 5.32 Å². The minimum atomic E-state index is -4.02. The Morgan fingerprint density at radius 1 is 1.03 bits per heavy atom. The summed E-state index contributed by atoms with van der Waals surface area (Å²) in [4.78, 5) is 27.8. The molecule has 1 unspecified atom stereocenters. The molecule has 2 aromatic rings. The lowest BCUT2D eigenvalue weighted by molar-refractivity contribution is -0.139. The second-order valence-electron chi connectivity index (χ2n) is 8.75. The molecule has 0 spiro atoms. The Hall–Kier alpha value is -3.01. The maximum absolute atomic E-state index is 13.8. The fourth-order valence-corrected chi connectivity index (χ4v) is 4.41. The topological polar surface area (TPSA) is 86.8 Å². The third-order valence-electron chi connectivity index (χ3n) is 5.43. The molecule has 7 nitrogen and oxygen atoms in total. The molecular formula is C25H33F2N3O4S. The van der Waals surface area contributed by atoms with Crippen molar-refractivity contribution in [3.8, 4) is 0 Å². The molecule has 1 N–H and O–H groups in total. The Labute approximate surface area is 206 Å². The molecule has 0 radical (unpaired) electrons. The minimum Gasteiger partial charge on any atom is -0.354 e. The quantitative estimate of drug-likeness (QED) is 0.476. The van der Waals surface area contributed by atoms with E-state index in [9.17, 15) is 26.8 Å². The van der Waals surface area contributed by atoms with Gasteiger partial charge < -0.3 is 10.2 Å². The van der Waals surface area contributed by atoms with Crippen molar-refractivity contribution in [2.75, 3.05) is 30.2 Å². The van der Waals surface area contributed by atoms with E-state index in [1.54, 1.807) is 6.92 Å². The van der Waals surface area contributed by atoms with E-state index in [1.807, 2.05) is 44.2 Å². The van der Waals surface area contributed by atoms with Gasteiger partial charge in [0.15, 0.2) is 11.6 Å². The molecule has 0 heterocycles. The number of nitrogens with zero attached hydrogens (tertiary/aromatic N) is 2. The first-order valence-corrected chi connectivity index (χ1v) is 13.3. The highest BCUT2D eigenvalue weighted by atomic mass is 32.2. The smallest absolute Gasteiger partial charge is 0.244 e. The Morgan fingerprint density at radius 2 is 1.69 bits per heavy atom. The van der Waals surface area contributed by atoms with Gasteiger partial charge in [-0.2, -0.15) is 0 Å². The summed E-state index contributed by atoms with van der Waals surface area (Å²) >= 11 is 0. The van der Waals surface area contributed by atoms with Crippen LogP contribution in [0.1, 0.15) is 32.8 Å². The monoisotopic (exact) mass is 509 g/mol. The van der Waals surface area contributed by atoms with Crippen LogP contribution in [0.3, 0.4) is 0 Å². The third kappa shape index (κ3) is 8.31. The maximum atomic E-state index is 13.8. The summed E-state index contributed by atoms with van der Waals surface area (Å²) in [5, 5.41) is 2.84. The molecule has 1 atom stereocenters. The molecule has 0 fully saturated rings. The van der Waals surface area contributed by atoms with Gasteiger partial charge >= 0.3 is 0 Å². The van der Waals surface area contributed by atoms with Gasteiger partial charge in [-0.1, -0.05) is 51.1 Å². The Morgan fingerprint density at radius 3 is 2.23 bits per heavy atom. The number of nitrogens with one attached hydrogen (secondary N) is 1. The first kappa shape index (κ1) is 28.2. The fraction of sp³-hybridized carbons (Fsp3) is 0.440. The molecule has 10 heteroatoms. The number of amides is 2. The van der Waals surface area contributed by atoms with Gasteiger partial charge in [0.05, 0.1) is 11.9 Å². The zero-order valence-electron chi connectivity index (χ0n) is 20.5. The maximum Gasteiger partial charge on any atom is 0.244 e. The zero-order chi connectivity index (χ0) is 26.2. The normalized spacial score (nSPS) is 12.3. The molecule has 0 aliphatic carbocycles. The highest BCUT2D eigenvalue weighted by Crippen LogP contribution is 2.21. The van der Waals surface area contributed by atoms with Crippen LogP contribution < -0.4 is 9.62 Å². The molecule has 0 saturated carbocycles. The van der Waals surface area contributed by atoms with Gasteiger partial charge in [-0.3, -0.25) is 13.9 Å². The SMILES string of the molecule is CCC(C(=O)NCC(C)C)N(CCc1ccccc1)C(=O)CN(c1ccc(F)c(F)c1)S(C)(=O)=O. The lowest BCUT2D eigenvalue weighted by Gasteiger charge is -2.33. The Balaban J connectivity index is 2.36. The molecule has 0 saturated heterocycles. The number of hydrogen-bond donors (Lipinski definition) is 1. The van der Waals surface area contributed by atoms with Crippen LogP contribution in [0.15, 0.2) is 48.5 Å². The number of rotatable bonds is 12. The number of halogens is 2. The lowest BCUT2D eigenvalue weighted by atomic mass is 10.1. The van der Waals surface area contributed by atoms with Crippen LogP contribution in [0.2, 0.25) is 0 Å². The van der Waals surface area contributed by atoms with Crippen LogP contribution in [0.4, 0.5) is 14.5 Å². The van der Waals surface area contributed by atoms with Crippen molar-refractivity contribution in [1.82, 2.24) is 10.2 Å². The molecule has 2 amide bonds. The number of sulfonamides is 1. The summed E-state index contributed by atoms with van der Waals surface area (Å²) in [7, 11) is -4.02. The number of carbonyl (C=O) groups excluding carboxylic acids is 2. The van der Waals surface area contributed by atoms with E-state index in [0.717, 1.165) is 30.0 Å². The van der Waals surface area contributed by atoms with E-state index in [4.69, 9.17) is 0 Å². The van der Waals surface area contributed by atoms with Crippen LogP contribution >= 0.6 is 0 Å². The first-order chi connectivity index (χ1) is 16.4. The van der Waals surface area contributed by atoms with E-state index >= 15 is 0 Å². The van der Waals surface area contributed by atoms with Gasteiger partial charge in [0.2, 0.25) is 21.8 Å². The molecule has 0 aromatic heterocycles. The number of benzene rings is 2. The fourth-order valence-electron chi connectivity index (χ4n) is 3.57. The molecule has 192 valence electrons. The predicted molar refractivity (Wildman–Crippen MR) is 132 cm³/mol. The molecule has 35 heavy (non-hydrogen) atoms. The van der Waals surface area contributed by atoms with Crippen molar-refractivity contribution in [3.05, 3.63) is 65.7 Å². The second kappa shape index (κ2) is 12.6. The van der Waals surface area contributed by atoms with Crippen molar-refractivity contribution in [3.63, 3.8) is 0 Å². The van der Waals surface area contributed by atoms with Crippen molar-refractivity contribution in [2.24, 2.45) is 5.92 Å². The first-order valence-electron chi connectivity index (χ1n) is 11.5. The summed E-state index contributed by atoms with van der Waals surface area (Å²) in [5.41, 5.74) is 0.767. The second-order valence-corrected chi connectivity index (χ2v) is 10.7. The summed E-state index contributed by atoms with van der Waals surface area (Å²) in [6, 6.07) is 11.2. The molecule has 0 bridgehead atoms. The van der Waals surface area contributed by atoms with E-state index in [-0.39, 0.29) is 24.1 Å². The highest BCUT2D eigenvalue weighted by molar-refractivity contribution is 7.92. The summed E-state index contributed by atoms with van der Waals surface area (Å²) in [6.45, 7) is 5.61. The molecule has 0 aliphatic heterocycles. The number of carbonyl (C=O) groups is 2. The minimum absolute atomic E-state index is 0.172. The van der Waals surface area contributed by atoms with E-state index in [1.165, 1.54) is 4.90 Å². The largest absolute Gasteiger partial charge is 0.354 e. The number of anilines is 1. The highest BCUT2D eigenvalue weighted by Gasteiger charge is 2.31. The third-order valence-corrected chi connectivity index (χ3v) is 6.57. The molecule has 0 aliphatic rings. The van der Waals surface area contributed by atoms with Crippen molar-refractivity contribution in [2.45, 2.75) is 39.7 Å². The van der Waals surface area contributed by atoms with Crippen molar-refractivity contribution < 1.29 is 26.8 Å². The Bertz CT molecular complexity index is 1110. The summed E-state index contributed by atoms with van der Waals surface area (Å²) < 4.78 is 52.9.